The fourth-order valence-corrected chi connectivity index (χ4v) is 2.83. The smallest absolute Gasteiger partial charge is 0.0401 e. The van der Waals surface area contributed by atoms with E-state index in [-0.39, 0.29) is 18.4 Å². The molecular formula is C9H15BrClNS. The summed E-state index contributed by atoms with van der Waals surface area (Å²) in [6.07, 6.45) is 3.53. The lowest BCUT2D eigenvalue weighted by atomic mass is 10.1. The van der Waals surface area contributed by atoms with Crippen LogP contribution in [0.25, 0.3) is 0 Å². The number of rotatable bonds is 4. The van der Waals surface area contributed by atoms with Crippen LogP contribution in [0.1, 0.15) is 37.1 Å². The van der Waals surface area contributed by atoms with Gasteiger partial charge < -0.3 is 5.73 Å². The molecule has 1 aromatic rings. The van der Waals surface area contributed by atoms with Crippen molar-refractivity contribution in [1.82, 2.24) is 0 Å². The van der Waals surface area contributed by atoms with Crippen molar-refractivity contribution < 1.29 is 0 Å². The molecule has 1 rings (SSSR count). The summed E-state index contributed by atoms with van der Waals surface area (Å²) in [7, 11) is 0. The molecule has 0 aliphatic carbocycles. The molecule has 0 aromatic carbocycles. The lowest BCUT2D eigenvalue weighted by molar-refractivity contribution is 0.610. The Balaban J connectivity index is 0.00000144. The predicted octanol–water partition coefficient (Wildman–Crippen LogP) is 4.12. The van der Waals surface area contributed by atoms with E-state index in [2.05, 4.69) is 34.3 Å². The molecule has 1 heterocycles. The third-order valence-corrected chi connectivity index (χ3v) is 3.85. The van der Waals surface area contributed by atoms with E-state index in [1.807, 2.05) is 0 Å². The molecule has 1 nitrogen and oxygen atoms in total. The Bertz CT molecular complexity index is 239. The minimum atomic E-state index is 0. The fourth-order valence-electron chi connectivity index (χ4n) is 1.13. The second kappa shape index (κ2) is 6.82. The van der Waals surface area contributed by atoms with Crippen molar-refractivity contribution in [2.45, 2.75) is 32.2 Å². The molecule has 1 atom stereocenters. The lowest BCUT2D eigenvalue weighted by Crippen LogP contribution is -2.08. The lowest BCUT2D eigenvalue weighted by Gasteiger charge is -2.08. The van der Waals surface area contributed by atoms with E-state index in [4.69, 9.17) is 5.73 Å². The Morgan fingerprint density at radius 2 is 2.31 bits per heavy atom. The summed E-state index contributed by atoms with van der Waals surface area (Å²) in [5, 5.41) is 2.07. The van der Waals surface area contributed by atoms with E-state index in [1.54, 1.807) is 11.3 Å². The molecule has 0 aliphatic rings. The van der Waals surface area contributed by atoms with E-state index in [1.165, 1.54) is 17.7 Å². The van der Waals surface area contributed by atoms with Crippen LogP contribution in [0, 0.1) is 0 Å². The Morgan fingerprint density at radius 3 is 2.77 bits per heavy atom. The van der Waals surface area contributed by atoms with Gasteiger partial charge in [-0.15, -0.1) is 23.7 Å². The van der Waals surface area contributed by atoms with Crippen molar-refractivity contribution in [3.8, 4) is 0 Å². The summed E-state index contributed by atoms with van der Waals surface area (Å²) in [6, 6.07) is 2.28. The second-order valence-electron chi connectivity index (χ2n) is 2.88. The third-order valence-electron chi connectivity index (χ3n) is 1.85. The summed E-state index contributed by atoms with van der Waals surface area (Å²) in [4.78, 5) is 1.28. The van der Waals surface area contributed by atoms with Gasteiger partial charge in [-0.2, -0.15) is 0 Å². The van der Waals surface area contributed by atoms with Gasteiger partial charge in [-0.1, -0.05) is 19.8 Å². The number of unbranched alkanes of at least 4 members (excludes halogenated alkanes) is 1. The van der Waals surface area contributed by atoms with Crippen molar-refractivity contribution in [2.75, 3.05) is 0 Å². The van der Waals surface area contributed by atoms with Crippen LogP contribution >= 0.6 is 39.7 Å². The maximum Gasteiger partial charge on any atom is 0.0401 e. The molecule has 0 amide bonds. The van der Waals surface area contributed by atoms with Crippen LogP contribution in [0.15, 0.2) is 15.9 Å². The van der Waals surface area contributed by atoms with E-state index < -0.39 is 0 Å². The minimum Gasteiger partial charge on any atom is -0.323 e. The molecule has 13 heavy (non-hydrogen) atoms. The van der Waals surface area contributed by atoms with Crippen molar-refractivity contribution in [2.24, 2.45) is 5.73 Å². The highest BCUT2D eigenvalue weighted by atomic mass is 79.9. The summed E-state index contributed by atoms with van der Waals surface area (Å²) in [5.74, 6) is 0. The molecule has 0 aliphatic heterocycles. The summed E-state index contributed by atoms with van der Waals surface area (Å²) < 4.78 is 1.16. The molecule has 0 saturated heterocycles. The number of halogens is 2. The molecular weight excluding hydrogens is 270 g/mol. The zero-order chi connectivity index (χ0) is 8.97. The number of hydrogen-bond acceptors (Lipinski definition) is 2. The van der Waals surface area contributed by atoms with E-state index in [0.717, 1.165) is 10.9 Å². The zero-order valence-electron chi connectivity index (χ0n) is 7.63. The first-order valence-electron chi connectivity index (χ1n) is 4.24. The average Bonchev–Trinajstić information content (AvgIpc) is 2.47. The van der Waals surface area contributed by atoms with Gasteiger partial charge in [-0.3, -0.25) is 0 Å². The molecule has 2 N–H and O–H groups in total. The minimum absolute atomic E-state index is 0. The third kappa shape index (κ3) is 3.98. The molecule has 4 heteroatoms. The Labute approximate surface area is 98.3 Å². The van der Waals surface area contributed by atoms with Gasteiger partial charge >= 0.3 is 0 Å². The zero-order valence-corrected chi connectivity index (χ0v) is 10.8. The molecule has 0 spiro atoms. The highest BCUT2D eigenvalue weighted by Crippen LogP contribution is 2.30. The first kappa shape index (κ1) is 13.4. The van der Waals surface area contributed by atoms with E-state index >= 15 is 0 Å². The first-order chi connectivity index (χ1) is 5.75. The average molecular weight is 285 g/mol. The van der Waals surface area contributed by atoms with Crippen LogP contribution in [-0.4, -0.2) is 0 Å². The fraction of sp³-hybridized carbons (Fsp3) is 0.556. The molecule has 76 valence electrons. The molecule has 0 radical (unpaired) electrons. The second-order valence-corrected chi connectivity index (χ2v) is 4.68. The number of hydrogen-bond donors (Lipinski definition) is 1. The van der Waals surface area contributed by atoms with Crippen molar-refractivity contribution in [3.63, 3.8) is 0 Å². The normalized spacial score (nSPS) is 12.2. The molecule has 0 fully saturated rings. The van der Waals surface area contributed by atoms with E-state index in [0.29, 0.717) is 0 Å². The molecule has 0 saturated carbocycles. The van der Waals surface area contributed by atoms with Crippen molar-refractivity contribution in [3.05, 3.63) is 20.8 Å². The van der Waals surface area contributed by atoms with Crippen LogP contribution in [0.2, 0.25) is 0 Å². The number of nitrogens with two attached hydrogens (primary N) is 1. The largest absolute Gasteiger partial charge is 0.323 e. The molecule has 0 bridgehead atoms. The van der Waals surface area contributed by atoms with Gasteiger partial charge in [-0.05, 0) is 33.8 Å². The summed E-state index contributed by atoms with van der Waals surface area (Å²) >= 11 is 5.23. The standard InChI is InChI=1S/C9H14BrNS.ClH/c1-2-3-4-8(11)9-7(10)5-6-12-9;/h5-6,8H,2-4,11H2,1H3;1H/t8-;/m0./s1. The highest BCUT2D eigenvalue weighted by molar-refractivity contribution is 9.10. The van der Waals surface area contributed by atoms with Gasteiger partial charge in [0.15, 0.2) is 0 Å². The van der Waals surface area contributed by atoms with Gasteiger partial charge in [0.25, 0.3) is 0 Å². The SMILES string of the molecule is CCCC[C@H](N)c1sccc1Br.Cl. The highest BCUT2D eigenvalue weighted by Gasteiger charge is 2.09. The molecule has 0 unspecified atom stereocenters. The Kier molecular flexibility index (Phi) is 7.05. The topological polar surface area (TPSA) is 26.0 Å². The van der Waals surface area contributed by atoms with Crippen LogP contribution in [0.5, 0.6) is 0 Å². The van der Waals surface area contributed by atoms with Crippen LogP contribution in [-0.2, 0) is 0 Å². The van der Waals surface area contributed by atoms with E-state index in [9.17, 15) is 0 Å². The van der Waals surface area contributed by atoms with Crippen LogP contribution in [0.3, 0.4) is 0 Å². The van der Waals surface area contributed by atoms with Gasteiger partial charge in [0.2, 0.25) is 0 Å². The quantitative estimate of drug-likeness (QED) is 0.884. The van der Waals surface area contributed by atoms with Crippen LogP contribution in [0.4, 0.5) is 0 Å². The summed E-state index contributed by atoms with van der Waals surface area (Å²) in [6.45, 7) is 2.19. The molecule has 1 aromatic heterocycles. The maximum atomic E-state index is 6.01. The number of thiophene rings is 1. The summed E-state index contributed by atoms with van der Waals surface area (Å²) in [5.41, 5.74) is 6.01. The van der Waals surface area contributed by atoms with Crippen molar-refractivity contribution >= 4 is 39.7 Å². The predicted molar refractivity (Wildman–Crippen MR) is 65.7 cm³/mol. The Hall–Kier alpha value is 0.430. The Morgan fingerprint density at radius 1 is 1.62 bits per heavy atom. The van der Waals surface area contributed by atoms with Gasteiger partial charge in [-0.25, -0.2) is 0 Å². The van der Waals surface area contributed by atoms with Gasteiger partial charge in [0.05, 0.1) is 0 Å². The first-order valence-corrected chi connectivity index (χ1v) is 5.91. The van der Waals surface area contributed by atoms with Gasteiger partial charge in [0, 0.05) is 15.4 Å². The van der Waals surface area contributed by atoms with Crippen LogP contribution < -0.4 is 5.73 Å². The van der Waals surface area contributed by atoms with Crippen molar-refractivity contribution in [1.29, 1.82) is 0 Å². The maximum absolute atomic E-state index is 6.01. The van der Waals surface area contributed by atoms with Gasteiger partial charge in [0.1, 0.15) is 0 Å². The monoisotopic (exact) mass is 283 g/mol.